The summed E-state index contributed by atoms with van der Waals surface area (Å²) in [4.78, 5) is 21.2. The van der Waals surface area contributed by atoms with Gasteiger partial charge in [0.05, 0.1) is 21.7 Å². The Morgan fingerprint density at radius 3 is 2.58 bits per heavy atom. The number of nitrogens with one attached hydrogen (secondary N) is 1. The van der Waals surface area contributed by atoms with Crippen molar-refractivity contribution < 1.29 is 18.0 Å². The molecular formula is C18H14F3N3OS. The maximum atomic E-state index is 12.9. The average molecular weight is 377 g/mol. The third kappa shape index (κ3) is 3.75. The van der Waals surface area contributed by atoms with Gasteiger partial charge in [0.15, 0.2) is 5.13 Å². The van der Waals surface area contributed by atoms with E-state index >= 15 is 0 Å². The van der Waals surface area contributed by atoms with Crippen molar-refractivity contribution in [3.05, 3.63) is 65.1 Å². The molecule has 134 valence electrons. The summed E-state index contributed by atoms with van der Waals surface area (Å²) in [7, 11) is 0. The summed E-state index contributed by atoms with van der Waals surface area (Å²) in [6.45, 7) is 3.41. The van der Waals surface area contributed by atoms with E-state index in [-0.39, 0.29) is 5.91 Å². The first-order valence-corrected chi connectivity index (χ1v) is 8.45. The van der Waals surface area contributed by atoms with Crippen LogP contribution in [-0.2, 0) is 6.18 Å². The molecule has 0 aliphatic heterocycles. The number of thiazole rings is 1. The molecule has 0 atom stereocenters. The number of carbonyl (C=O) groups is 1. The Kier molecular flexibility index (Phi) is 4.78. The second-order valence-electron chi connectivity index (χ2n) is 5.60. The van der Waals surface area contributed by atoms with Crippen LogP contribution in [0.1, 0.15) is 27.3 Å². The second kappa shape index (κ2) is 6.87. The molecule has 1 amide bonds. The van der Waals surface area contributed by atoms with Crippen molar-refractivity contribution in [2.45, 2.75) is 20.0 Å². The van der Waals surface area contributed by atoms with E-state index in [1.807, 2.05) is 0 Å². The first-order chi connectivity index (χ1) is 12.3. The summed E-state index contributed by atoms with van der Waals surface area (Å²) in [5.74, 6) is -0.361. The van der Waals surface area contributed by atoms with Crippen molar-refractivity contribution >= 4 is 22.4 Å². The van der Waals surface area contributed by atoms with Crippen LogP contribution in [0.15, 0.2) is 42.6 Å². The molecular weight excluding hydrogens is 363 g/mol. The molecule has 1 aromatic carbocycles. The highest BCUT2D eigenvalue weighted by Crippen LogP contribution is 2.36. The number of aryl methyl sites for hydroxylation is 2. The molecule has 0 aliphatic carbocycles. The van der Waals surface area contributed by atoms with Crippen LogP contribution in [0.3, 0.4) is 0 Å². The van der Waals surface area contributed by atoms with E-state index in [1.165, 1.54) is 6.07 Å². The Labute approximate surface area is 151 Å². The molecule has 2 aromatic heterocycles. The average Bonchev–Trinajstić information content (AvgIpc) is 2.95. The van der Waals surface area contributed by atoms with Gasteiger partial charge in [0.1, 0.15) is 0 Å². The van der Waals surface area contributed by atoms with Crippen LogP contribution >= 0.6 is 11.3 Å². The van der Waals surface area contributed by atoms with Gasteiger partial charge in [-0.2, -0.15) is 13.2 Å². The standard InChI is InChI=1S/C18H14F3N3OS/c1-10-14(7-4-8-22-10)16(25)24-17-23-11(2)15(26-17)12-5-3-6-13(9-12)18(19,20)21/h3-9H,1-2H3,(H,23,24,25). The van der Waals surface area contributed by atoms with Gasteiger partial charge in [-0.15, -0.1) is 0 Å². The molecule has 0 saturated heterocycles. The minimum Gasteiger partial charge on any atom is -0.298 e. The fourth-order valence-electron chi connectivity index (χ4n) is 2.44. The number of amides is 1. The van der Waals surface area contributed by atoms with Crippen molar-refractivity contribution in [2.75, 3.05) is 5.32 Å². The number of nitrogens with zero attached hydrogens (tertiary/aromatic N) is 2. The van der Waals surface area contributed by atoms with Gasteiger partial charge in [0, 0.05) is 11.9 Å². The Morgan fingerprint density at radius 1 is 1.12 bits per heavy atom. The molecule has 4 nitrogen and oxygen atoms in total. The highest BCUT2D eigenvalue weighted by Gasteiger charge is 2.30. The number of carbonyl (C=O) groups excluding carboxylic acids is 1. The lowest BCUT2D eigenvalue weighted by atomic mass is 10.1. The number of alkyl halides is 3. The minimum absolute atomic E-state index is 0.322. The Balaban J connectivity index is 1.88. The SMILES string of the molecule is Cc1ncccc1C(=O)Nc1nc(C)c(-c2cccc(C(F)(F)F)c2)s1. The van der Waals surface area contributed by atoms with Crippen molar-refractivity contribution in [3.63, 3.8) is 0 Å². The topological polar surface area (TPSA) is 54.9 Å². The van der Waals surface area contributed by atoms with Gasteiger partial charge >= 0.3 is 6.18 Å². The van der Waals surface area contributed by atoms with E-state index in [9.17, 15) is 18.0 Å². The number of aromatic nitrogens is 2. The van der Waals surface area contributed by atoms with Gasteiger partial charge in [0.25, 0.3) is 5.91 Å². The van der Waals surface area contributed by atoms with Crippen molar-refractivity contribution in [3.8, 4) is 10.4 Å². The molecule has 0 radical (unpaired) electrons. The Hall–Kier alpha value is -2.74. The quantitative estimate of drug-likeness (QED) is 0.691. The van der Waals surface area contributed by atoms with Crippen molar-refractivity contribution in [1.29, 1.82) is 0 Å². The molecule has 0 spiro atoms. The summed E-state index contributed by atoms with van der Waals surface area (Å²) in [6, 6.07) is 8.35. The zero-order valence-corrected chi connectivity index (χ0v) is 14.7. The predicted octanol–water partition coefficient (Wildman–Crippen LogP) is 5.09. The maximum absolute atomic E-state index is 12.9. The van der Waals surface area contributed by atoms with Crippen molar-refractivity contribution in [1.82, 2.24) is 9.97 Å². The molecule has 3 rings (SSSR count). The van der Waals surface area contributed by atoms with Crippen molar-refractivity contribution in [2.24, 2.45) is 0 Å². The van der Waals surface area contributed by atoms with Gasteiger partial charge < -0.3 is 0 Å². The van der Waals surface area contributed by atoms with Gasteiger partial charge in [-0.05, 0) is 43.7 Å². The molecule has 2 heterocycles. The molecule has 0 fully saturated rings. The summed E-state index contributed by atoms with van der Waals surface area (Å²) >= 11 is 1.13. The smallest absolute Gasteiger partial charge is 0.298 e. The third-order valence-electron chi connectivity index (χ3n) is 3.72. The number of hydrogen-bond donors (Lipinski definition) is 1. The molecule has 0 aliphatic rings. The number of rotatable bonds is 3. The number of benzene rings is 1. The van der Waals surface area contributed by atoms with Gasteiger partial charge in [-0.1, -0.05) is 23.5 Å². The normalized spacial score (nSPS) is 11.4. The van der Waals surface area contributed by atoms with Crippen LogP contribution in [0.25, 0.3) is 10.4 Å². The van der Waals surface area contributed by atoms with E-state index < -0.39 is 11.7 Å². The molecule has 3 aromatic rings. The van der Waals surface area contributed by atoms with E-state index in [1.54, 1.807) is 38.2 Å². The van der Waals surface area contributed by atoms with Gasteiger partial charge in [-0.3, -0.25) is 15.1 Å². The van der Waals surface area contributed by atoms with E-state index in [2.05, 4.69) is 15.3 Å². The number of pyridine rings is 1. The lowest BCUT2D eigenvalue weighted by Gasteiger charge is -2.07. The van der Waals surface area contributed by atoms with Crippen LogP contribution < -0.4 is 5.32 Å². The molecule has 1 N–H and O–H groups in total. The van der Waals surface area contributed by atoms with E-state index in [0.29, 0.717) is 32.5 Å². The molecule has 0 bridgehead atoms. The first-order valence-electron chi connectivity index (χ1n) is 7.64. The van der Waals surface area contributed by atoms with Crippen LogP contribution in [-0.4, -0.2) is 15.9 Å². The van der Waals surface area contributed by atoms with Crippen LogP contribution in [0.4, 0.5) is 18.3 Å². The van der Waals surface area contributed by atoms with Gasteiger partial charge in [-0.25, -0.2) is 4.98 Å². The Morgan fingerprint density at radius 2 is 1.88 bits per heavy atom. The number of hydrogen-bond acceptors (Lipinski definition) is 4. The lowest BCUT2D eigenvalue weighted by Crippen LogP contribution is -2.13. The highest BCUT2D eigenvalue weighted by molar-refractivity contribution is 7.19. The summed E-state index contributed by atoms with van der Waals surface area (Å²) < 4.78 is 38.7. The summed E-state index contributed by atoms with van der Waals surface area (Å²) in [6.07, 6.45) is -2.82. The number of anilines is 1. The molecule has 0 saturated carbocycles. The van der Waals surface area contributed by atoms with Crippen LogP contribution in [0.5, 0.6) is 0 Å². The fraction of sp³-hybridized carbons (Fsp3) is 0.167. The monoisotopic (exact) mass is 377 g/mol. The van der Waals surface area contributed by atoms with Crippen LogP contribution in [0, 0.1) is 13.8 Å². The maximum Gasteiger partial charge on any atom is 0.416 e. The van der Waals surface area contributed by atoms with Crippen LogP contribution in [0.2, 0.25) is 0 Å². The molecule has 26 heavy (non-hydrogen) atoms. The summed E-state index contributed by atoms with van der Waals surface area (Å²) in [5.41, 5.74) is 1.23. The number of halogens is 3. The third-order valence-corrected chi connectivity index (χ3v) is 4.84. The first kappa shape index (κ1) is 18.1. The van der Waals surface area contributed by atoms with E-state index in [4.69, 9.17) is 0 Å². The lowest BCUT2D eigenvalue weighted by molar-refractivity contribution is -0.137. The highest BCUT2D eigenvalue weighted by atomic mass is 32.1. The molecule has 8 heteroatoms. The van der Waals surface area contributed by atoms with Gasteiger partial charge in [0.2, 0.25) is 0 Å². The minimum atomic E-state index is -4.41. The summed E-state index contributed by atoms with van der Waals surface area (Å²) in [5, 5.41) is 3.00. The fourth-order valence-corrected chi connectivity index (χ4v) is 3.40. The Bertz CT molecular complexity index is 966. The zero-order valence-electron chi connectivity index (χ0n) is 13.9. The zero-order chi connectivity index (χ0) is 18.9. The predicted molar refractivity (Wildman–Crippen MR) is 94.2 cm³/mol. The largest absolute Gasteiger partial charge is 0.416 e. The second-order valence-corrected chi connectivity index (χ2v) is 6.60. The molecule has 0 unspecified atom stereocenters. The van der Waals surface area contributed by atoms with E-state index in [0.717, 1.165) is 23.5 Å².